The lowest BCUT2D eigenvalue weighted by molar-refractivity contribution is 0.518. The van der Waals surface area contributed by atoms with E-state index >= 15 is 0 Å². The van der Waals surface area contributed by atoms with E-state index in [4.69, 9.17) is 0 Å². The van der Waals surface area contributed by atoms with Crippen molar-refractivity contribution in [1.29, 1.82) is 0 Å². The van der Waals surface area contributed by atoms with Crippen LogP contribution in [-0.2, 0) is 0 Å². The van der Waals surface area contributed by atoms with Crippen molar-refractivity contribution in [3.05, 3.63) is 53.3 Å². The third kappa shape index (κ3) is 4.10. The number of nitrogens with one attached hydrogen (secondary N) is 1. The molecule has 24 heavy (non-hydrogen) atoms. The fraction of sp³-hybridized carbons (Fsp3) is 0.545. The topological polar surface area (TPSA) is 15.3 Å². The Morgan fingerprint density at radius 3 is 2.46 bits per heavy atom. The predicted octanol–water partition coefficient (Wildman–Crippen LogP) is 5.63. The highest BCUT2D eigenvalue weighted by atomic mass is 15.1. The lowest BCUT2D eigenvalue weighted by atomic mass is 9.88. The van der Waals surface area contributed by atoms with Gasteiger partial charge < -0.3 is 10.2 Å². The highest BCUT2D eigenvalue weighted by Crippen LogP contribution is 2.32. The van der Waals surface area contributed by atoms with Crippen molar-refractivity contribution < 1.29 is 0 Å². The largest absolute Gasteiger partial charge is 0.348 e. The maximum atomic E-state index is 4.41. The van der Waals surface area contributed by atoms with E-state index in [2.05, 4.69) is 75.8 Å². The van der Waals surface area contributed by atoms with Gasteiger partial charge in [-0.05, 0) is 47.6 Å². The van der Waals surface area contributed by atoms with Gasteiger partial charge in [-0.25, -0.2) is 0 Å². The number of rotatable bonds is 7. The quantitative estimate of drug-likeness (QED) is 0.698. The summed E-state index contributed by atoms with van der Waals surface area (Å²) in [4.78, 5) is 2.38. The van der Waals surface area contributed by atoms with Gasteiger partial charge in [0.1, 0.15) is 0 Å². The zero-order valence-corrected chi connectivity index (χ0v) is 16.2. The van der Waals surface area contributed by atoms with E-state index in [0.29, 0.717) is 12.0 Å². The number of benzene rings is 1. The molecule has 1 aliphatic heterocycles. The minimum absolute atomic E-state index is 0.435. The lowest BCUT2D eigenvalue weighted by Gasteiger charge is -2.35. The van der Waals surface area contributed by atoms with Gasteiger partial charge in [0.2, 0.25) is 0 Å². The second-order valence-corrected chi connectivity index (χ2v) is 7.18. The highest BCUT2D eigenvalue weighted by molar-refractivity contribution is 5.56. The standard InChI is InChI=1S/C22H34N2/c1-7-9-17(5)22-20(8-2)23-15-14-21(22)24(6)19-12-10-18(11-13-19)16(3)4/h10-13,16,20,23H,5,7-9,14-15H2,1-4,6H3. The molecule has 132 valence electrons. The van der Waals surface area contributed by atoms with E-state index in [0.717, 1.165) is 32.2 Å². The summed E-state index contributed by atoms with van der Waals surface area (Å²) in [6.45, 7) is 14.4. The number of hydrogen-bond acceptors (Lipinski definition) is 2. The molecule has 0 amide bonds. The van der Waals surface area contributed by atoms with E-state index in [1.165, 1.54) is 28.1 Å². The predicted molar refractivity (Wildman–Crippen MR) is 107 cm³/mol. The Morgan fingerprint density at radius 2 is 1.92 bits per heavy atom. The normalized spacial score (nSPS) is 18.2. The van der Waals surface area contributed by atoms with Gasteiger partial charge >= 0.3 is 0 Å². The second kappa shape index (κ2) is 8.53. The molecule has 0 saturated heterocycles. The minimum atomic E-state index is 0.435. The Kier molecular flexibility index (Phi) is 6.68. The van der Waals surface area contributed by atoms with Crippen molar-refractivity contribution in [3.63, 3.8) is 0 Å². The highest BCUT2D eigenvalue weighted by Gasteiger charge is 2.25. The smallest absolute Gasteiger partial charge is 0.0405 e. The molecule has 1 aromatic rings. The number of hydrogen-bond donors (Lipinski definition) is 1. The maximum absolute atomic E-state index is 4.41. The SMILES string of the molecule is C=C(CCC)C1=C(N(C)c2ccc(C(C)C)cc2)CCNC1CC. The zero-order chi connectivity index (χ0) is 17.7. The average molecular weight is 327 g/mol. The van der Waals surface area contributed by atoms with Gasteiger partial charge in [0.25, 0.3) is 0 Å². The van der Waals surface area contributed by atoms with Crippen LogP contribution in [0.3, 0.4) is 0 Å². The van der Waals surface area contributed by atoms with Crippen LogP contribution in [-0.4, -0.2) is 19.6 Å². The van der Waals surface area contributed by atoms with Crippen LogP contribution in [0.1, 0.15) is 64.9 Å². The molecular weight excluding hydrogens is 292 g/mol. The van der Waals surface area contributed by atoms with Crippen LogP contribution in [0.5, 0.6) is 0 Å². The Bertz CT molecular complexity index is 580. The molecule has 0 aromatic heterocycles. The Morgan fingerprint density at radius 1 is 1.25 bits per heavy atom. The van der Waals surface area contributed by atoms with Gasteiger partial charge in [0, 0.05) is 37.4 Å². The molecule has 1 atom stereocenters. The van der Waals surface area contributed by atoms with Crippen molar-refractivity contribution in [2.24, 2.45) is 0 Å². The Balaban J connectivity index is 2.37. The molecule has 1 aliphatic rings. The first kappa shape index (κ1) is 18.8. The van der Waals surface area contributed by atoms with E-state index in [1.807, 2.05) is 0 Å². The summed E-state index contributed by atoms with van der Waals surface area (Å²) in [7, 11) is 2.21. The zero-order valence-electron chi connectivity index (χ0n) is 16.2. The third-order valence-corrected chi connectivity index (χ3v) is 5.10. The van der Waals surface area contributed by atoms with Crippen LogP contribution < -0.4 is 10.2 Å². The van der Waals surface area contributed by atoms with E-state index < -0.39 is 0 Å². The molecule has 1 N–H and O–H groups in total. The second-order valence-electron chi connectivity index (χ2n) is 7.18. The summed E-state index contributed by atoms with van der Waals surface area (Å²) in [5, 5.41) is 3.67. The van der Waals surface area contributed by atoms with Crippen LogP contribution in [0.2, 0.25) is 0 Å². The molecule has 0 spiro atoms. The molecule has 0 aliphatic carbocycles. The molecule has 2 heteroatoms. The molecule has 2 nitrogen and oxygen atoms in total. The summed E-state index contributed by atoms with van der Waals surface area (Å²) < 4.78 is 0. The summed E-state index contributed by atoms with van der Waals surface area (Å²) in [5.74, 6) is 0.576. The van der Waals surface area contributed by atoms with Crippen LogP contribution in [0, 0.1) is 0 Å². The van der Waals surface area contributed by atoms with Crippen LogP contribution in [0.4, 0.5) is 5.69 Å². The van der Waals surface area contributed by atoms with E-state index in [-0.39, 0.29) is 0 Å². The molecule has 2 rings (SSSR count). The minimum Gasteiger partial charge on any atom is -0.348 e. The fourth-order valence-electron chi connectivity index (χ4n) is 3.63. The molecule has 1 aromatic carbocycles. The Hall–Kier alpha value is -1.54. The first-order valence-electron chi connectivity index (χ1n) is 9.47. The average Bonchev–Trinajstić information content (AvgIpc) is 2.60. The van der Waals surface area contributed by atoms with Crippen molar-refractivity contribution in [3.8, 4) is 0 Å². The van der Waals surface area contributed by atoms with Crippen molar-refractivity contribution >= 4 is 5.69 Å². The summed E-state index contributed by atoms with van der Waals surface area (Å²) in [6, 6.07) is 9.47. The number of anilines is 1. The molecule has 0 saturated carbocycles. The molecule has 0 fully saturated rings. The third-order valence-electron chi connectivity index (χ3n) is 5.10. The van der Waals surface area contributed by atoms with Crippen LogP contribution in [0.15, 0.2) is 47.7 Å². The maximum Gasteiger partial charge on any atom is 0.0405 e. The first-order chi connectivity index (χ1) is 11.5. The van der Waals surface area contributed by atoms with Gasteiger partial charge in [-0.15, -0.1) is 0 Å². The Labute approximate surface area is 148 Å². The van der Waals surface area contributed by atoms with Crippen LogP contribution >= 0.6 is 0 Å². The molecule has 0 bridgehead atoms. The van der Waals surface area contributed by atoms with Gasteiger partial charge in [-0.2, -0.15) is 0 Å². The van der Waals surface area contributed by atoms with Gasteiger partial charge in [-0.1, -0.05) is 52.8 Å². The first-order valence-corrected chi connectivity index (χ1v) is 9.47. The number of nitrogens with zero attached hydrogens (tertiary/aromatic N) is 1. The van der Waals surface area contributed by atoms with Crippen molar-refractivity contribution in [1.82, 2.24) is 5.32 Å². The molecular formula is C22H34N2. The van der Waals surface area contributed by atoms with Gasteiger partial charge in [0.05, 0.1) is 0 Å². The fourth-order valence-corrected chi connectivity index (χ4v) is 3.63. The molecule has 0 radical (unpaired) electrons. The molecule has 1 heterocycles. The van der Waals surface area contributed by atoms with E-state index in [9.17, 15) is 0 Å². The summed E-state index contributed by atoms with van der Waals surface area (Å²) >= 11 is 0. The molecule has 1 unspecified atom stereocenters. The van der Waals surface area contributed by atoms with Crippen molar-refractivity contribution in [2.45, 2.75) is 65.3 Å². The van der Waals surface area contributed by atoms with Crippen molar-refractivity contribution in [2.75, 3.05) is 18.5 Å². The van der Waals surface area contributed by atoms with Gasteiger partial charge in [-0.3, -0.25) is 0 Å². The van der Waals surface area contributed by atoms with Gasteiger partial charge in [0.15, 0.2) is 0 Å². The monoisotopic (exact) mass is 326 g/mol. The van der Waals surface area contributed by atoms with E-state index in [1.54, 1.807) is 0 Å². The summed E-state index contributed by atoms with van der Waals surface area (Å²) in [6.07, 6.45) is 4.41. The van der Waals surface area contributed by atoms with Crippen LogP contribution in [0.25, 0.3) is 0 Å². The summed E-state index contributed by atoms with van der Waals surface area (Å²) in [5.41, 5.74) is 6.86. The lowest BCUT2D eigenvalue weighted by Crippen LogP contribution is -2.40.